The van der Waals surface area contributed by atoms with E-state index in [9.17, 15) is 13.2 Å². The summed E-state index contributed by atoms with van der Waals surface area (Å²) in [6.07, 6.45) is -0.0236. The average Bonchev–Trinajstić information content (AvgIpc) is 3.13. The van der Waals surface area contributed by atoms with Crippen LogP contribution in [0.3, 0.4) is 0 Å². The zero-order valence-corrected chi connectivity index (χ0v) is 15.4. The van der Waals surface area contributed by atoms with Crippen LogP contribution < -0.4 is 4.90 Å². The van der Waals surface area contributed by atoms with E-state index >= 15 is 0 Å². The maximum Gasteiger partial charge on any atom is 0.435 e. The Morgan fingerprint density at radius 1 is 1.04 bits per heavy atom. The molecule has 3 heterocycles. The standard InChI is InChI=1S/C17H14Cl2F3N5/c18-11-7-13-14(8-12(11)19)24-16(9-23-13)26-4-1-10(2-5-26)27-6-3-15(25-27)17(20,21)22/h3,6-10H,1-2,4-5H2. The fraction of sp³-hybridized carbons (Fsp3) is 0.353. The number of aromatic nitrogens is 4. The summed E-state index contributed by atoms with van der Waals surface area (Å²) in [5, 5.41) is 4.51. The van der Waals surface area contributed by atoms with E-state index in [0.717, 1.165) is 6.07 Å². The van der Waals surface area contributed by atoms with Gasteiger partial charge in [-0.3, -0.25) is 9.67 Å². The zero-order valence-electron chi connectivity index (χ0n) is 13.9. The van der Waals surface area contributed by atoms with Crippen molar-refractivity contribution < 1.29 is 13.2 Å². The van der Waals surface area contributed by atoms with Gasteiger partial charge in [-0.05, 0) is 31.0 Å². The zero-order chi connectivity index (χ0) is 19.2. The van der Waals surface area contributed by atoms with Crippen LogP contribution in [0, 0.1) is 0 Å². The number of rotatable bonds is 2. The van der Waals surface area contributed by atoms with E-state index < -0.39 is 11.9 Å². The quantitative estimate of drug-likeness (QED) is 0.591. The van der Waals surface area contributed by atoms with Crippen molar-refractivity contribution >= 4 is 40.1 Å². The largest absolute Gasteiger partial charge is 0.435 e. The normalized spacial score (nSPS) is 16.3. The molecular weight excluding hydrogens is 402 g/mol. The molecule has 5 nitrogen and oxygen atoms in total. The van der Waals surface area contributed by atoms with Crippen molar-refractivity contribution in [3.05, 3.63) is 46.3 Å². The second-order valence-corrected chi connectivity index (χ2v) is 7.19. The van der Waals surface area contributed by atoms with Gasteiger partial charge in [0.2, 0.25) is 0 Å². The molecule has 1 aliphatic heterocycles. The van der Waals surface area contributed by atoms with Crippen LogP contribution >= 0.6 is 23.2 Å². The van der Waals surface area contributed by atoms with Crippen molar-refractivity contribution in [1.82, 2.24) is 19.7 Å². The Kier molecular flexibility index (Phi) is 4.63. The molecule has 10 heteroatoms. The summed E-state index contributed by atoms with van der Waals surface area (Å²) >= 11 is 12.0. The molecule has 142 valence electrons. The summed E-state index contributed by atoms with van der Waals surface area (Å²) in [7, 11) is 0. The van der Waals surface area contributed by atoms with E-state index in [1.54, 1.807) is 18.3 Å². The molecule has 2 aromatic heterocycles. The molecule has 4 rings (SSSR count). The third-order valence-corrected chi connectivity index (χ3v) is 5.36. The van der Waals surface area contributed by atoms with Gasteiger partial charge in [-0.2, -0.15) is 18.3 Å². The SMILES string of the molecule is FC(F)(F)c1ccn(C2CCN(c3cnc4cc(Cl)c(Cl)cc4n3)CC2)n1. The number of benzene rings is 1. The summed E-state index contributed by atoms with van der Waals surface area (Å²) < 4.78 is 39.6. The van der Waals surface area contributed by atoms with Gasteiger partial charge in [0, 0.05) is 19.3 Å². The minimum atomic E-state index is -4.42. The van der Waals surface area contributed by atoms with Gasteiger partial charge in [-0.1, -0.05) is 23.2 Å². The fourth-order valence-corrected chi connectivity index (χ4v) is 3.52. The molecule has 0 atom stereocenters. The highest BCUT2D eigenvalue weighted by molar-refractivity contribution is 6.42. The average molecular weight is 416 g/mol. The van der Waals surface area contributed by atoms with Crippen molar-refractivity contribution in [2.75, 3.05) is 18.0 Å². The molecule has 1 aliphatic rings. The van der Waals surface area contributed by atoms with E-state index in [-0.39, 0.29) is 6.04 Å². The van der Waals surface area contributed by atoms with Gasteiger partial charge in [-0.15, -0.1) is 0 Å². The number of halogens is 5. The van der Waals surface area contributed by atoms with E-state index in [1.807, 2.05) is 0 Å². The molecule has 0 saturated carbocycles. The lowest BCUT2D eigenvalue weighted by Gasteiger charge is -2.32. The number of hydrogen-bond acceptors (Lipinski definition) is 4. The predicted octanol–water partition coefficient (Wildman–Crippen LogP) is 4.99. The van der Waals surface area contributed by atoms with Gasteiger partial charge in [0.05, 0.1) is 33.3 Å². The first-order valence-corrected chi connectivity index (χ1v) is 9.06. The maximum atomic E-state index is 12.7. The summed E-state index contributed by atoms with van der Waals surface area (Å²) in [5.74, 6) is 0.704. The van der Waals surface area contributed by atoms with Crippen molar-refractivity contribution in [3.63, 3.8) is 0 Å². The number of fused-ring (bicyclic) bond motifs is 1. The molecule has 1 saturated heterocycles. The number of nitrogens with zero attached hydrogens (tertiary/aromatic N) is 5. The highest BCUT2D eigenvalue weighted by atomic mass is 35.5. The van der Waals surface area contributed by atoms with Crippen LogP contribution in [0.15, 0.2) is 30.6 Å². The topological polar surface area (TPSA) is 46.8 Å². The first-order valence-electron chi connectivity index (χ1n) is 8.30. The molecule has 0 radical (unpaired) electrons. The lowest BCUT2D eigenvalue weighted by atomic mass is 10.1. The van der Waals surface area contributed by atoms with Crippen molar-refractivity contribution in [2.45, 2.75) is 25.1 Å². The third-order valence-electron chi connectivity index (χ3n) is 4.63. The highest BCUT2D eigenvalue weighted by Gasteiger charge is 2.34. The minimum Gasteiger partial charge on any atom is -0.355 e. The number of piperidine rings is 1. The van der Waals surface area contributed by atoms with Crippen molar-refractivity contribution in [1.29, 1.82) is 0 Å². The first kappa shape index (κ1) is 18.3. The lowest BCUT2D eigenvalue weighted by Crippen LogP contribution is -2.35. The smallest absolute Gasteiger partial charge is 0.355 e. The summed E-state index contributed by atoms with van der Waals surface area (Å²) in [5.41, 5.74) is 0.436. The van der Waals surface area contributed by atoms with Crippen LogP contribution in [0.2, 0.25) is 10.0 Å². The van der Waals surface area contributed by atoms with Gasteiger partial charge in [0.25, 0.3) is 0 Å². The van der Waals surface area contributed by atoms with E-state index in [2.05, 4.69) is 20.0 Å². The summed E-state index contributed by atoms with van der Waals surface area (Å²) in [4.78, 5) is 11.0. The summed E-state index contributed by atoms with van der Waals surface area (Å²) in [6, 6.07) is 4.28. The van der Waals surface area contributed by atoms with Crippen molar-refractivity contribution in [2.24, 2.45) is 0 Å². The third kappa shape index (κ3) is 3.68. The molecule has 3 aromatic rings. The fourth-order valence-electron chi connectivity index (χ4n) is 3.20. The van der Waals surface area contributed by atoms with Crippen LogP contribution in [0.1, 0.15) is 24.6 Å². The molecule has 27 heavy (non-hydrogen) atoms. The number of alkyl halides is 3. The second kappa shape index (κ2) is 6.83. The monoisotopic (exact) mass is 415 g/mol. The van der Waals surface area contributed by atoms with Gasteiger partial charge in [0.15, 0.2) is 5.69 Å². The van der Waals surface area contributed by atoms with Crippen LogP contribution in [-0.4, -0.2) is 32.8 Å². The van der Waals surface area contributed by atoms with E-state index in [0.29, 0.717) is 52.8 Å². The molecule has 0 spiro atoms. The lowest BCUT2D eigenvalue weighted by molar-refractivity contribution is -0.141. The molecule has 0 aliphatic carbocycles. The second-order valence-electron chi connectivity index (χ2n) is 6.38. The van der Waals surface area contributed by atoms with E-state index in [4.69, 9.17) is 23.2 Å². The Morgan fingerprint density at radius 3 is 2.33 bits per heavy atom. The van der Waals surface area contributed by atoms with Crippen LogP contribution in [-0.2, 0) is 6.18 Å². The van der Waals surface area contributed by atoms with E-state index in [1.165, 1.54) is 10.9 Å². The predicted molar refractivity (Wildman–Crippen MR) is 97.3 cm³/mol. The Labute approximate surface area is 162 Å². The summed E-state index contributed by atoms with van der Waals surface area (Å²) in [6.45, 7) is 1.29. The van der Waals surface area contributed by atoms with Gasteiger partial charge in [0.1, 0.15) is 5.82 Å². The van der Waals surface area contributed by atoms with Crippen LogP contribution in [0.4, 0.5) is 19.0 Å². The van der Waals surface area contributed by atoms with Crippen LogP contribution in [0.5, 0.6) is 0 Å². The van der Waals surface area contributed by atoms with Gasteiger partial charge >= 0.3 is 6.18 Å². The highest BCUT2D eigenvalue weighted by Crippen LogP contribution is 2.31. The van der Waals surface area contributed by atoms with Gasteiger partial charge < -0.3 is 4.90 Å². The Bertz CT molecular complexity index is 980. The first-order chi connectivity index (χ1) is 12.8. The molecule has 0 unspecified atom stereocenters. The molecular formula is C17H14Cl2F3N5. The Morgan fingerprint density at radius 2 is 1.70 bits per heavy atom. The minimum absolute atomic E-state index is 0.0704. The Hall–Kier alpha value is -2.06. The number of hydrogen-bond donors (Lipinski definition) is 0. The molecule has 0 amide bonds. The van der Waals surface area contributed by atoms with Crippen LogP contribution in [0.25, 0.3) is 11.0 Å². The molecule has 1 aromatic carbocycles. The van der Waals surface area contributed by atoms with Gasteiger partial charge in [-0.25, -0.2) is 4.98 Å². The Balaban J connectivity index is 1.48. The molecule has 1 fully saturated rings. The molecule has 0 bridgehead atoms. The maximum absolute atomic E-state index is 12.7. The van der Waals surface area contributed by atoms with Crippen molar-refractivity contribution in [3.8, 4) is 0 Å². The molecule has 0 N–H and O–H groups in total. The number of anilines is 1.